The van der Waals surface area contributed by atoms with Gasteiger partial charge in [0.1, 0.15) is 5.82 Å². The van der Waals surface area contributed by atoms with Crippen molar-refractivity contribution in [3.8, 4) is 0 Å². The zero-order valence-corrected chi connectivity index (χ0v) is 13.6. The van der Waals surface area contributed by atoms with Gasteiger partial charge in [-0.1, -0.05) is 17.7 Å². The zero-order valence-electron chi connectivity index (χ0n) is 10.4. The van der Waals surface area contributed by atoms with Gasteiger partial charge >= 0.3 is 0 Å². The monoisotopic (exact) mass is 361 g/mol. The Bertz CT molecular complexity index is 538. The lowest BCUT2D eigenvalue weighted by atomic mass is 10.0. The van der Waals surface area contributed by atoms with Crippen LogP contribution in [-0.2, 0) is 12.8 Å². The molecule has 1 heterocycles. The lowest BCUT2D eigenvalue weighted by Crippen LogP contribution is -2.30. The Morgan fingerprint density at radius 1 is 1.37 bits per heavy atom. The lowest BCUT2D eigenvalue weighted by Gasteiger charge is -2.17. The molecule has 5 heteroatoms. The van der Waals surface area contributed by atoms with Crippen molar-refractivity contribution in [2.45, 2.75) is 18.9 Å². The fourth-order valence-corrected chi connectivity index (χ4v) is 3.78. The van der Waals surface area contributed by atoms with Gasteiger partial charge in [-0.2, -0.15) is 0 Å². The normalized spacial score (nSPS) is 12.6. The Kier molecular flexibility index (Phi) is 5.39. The Balaban J connectivity index is 2.13. The highest BCUT2D eigenvalue weighted by Crippen LogP contribution is 2.26. The molecule has 2 aromatic rings. The van der Waals surface area contributed by atoms with Crippen molar-refractivity contribution in [1.29, 1.82) is 0 Å². The van der Waals surface area contributed by atoms with E-state index in [1.54, 1.807) is 23.5 Å². The largest absolute Gasteiger partial charge is 0.316 e. The smallest absolute Gasteiger partial charge is 0.127 e. The van der Waals surface area contributed by atoms with Gasteiger partial charge in [0.25, 0.3) is 0 Å². The molecule has 0 fully saturated rings. The van der Waals surface area contributed by atoms with E-state index in [2.05, 4.69) is 21.2 Å². The van der Waals surface area contributed by atoms with Gasteiger partial charge in [0.05, 0.1) is 0 Å². The van der Waals surface area contributed by atoms with Crippen LogP contribution in [0.4, 0.5) is 4.39 Å². The maximum Gasteiger partial charge on any atom is 0.127 e. The average Bonchev–Trinajstić information content (AvgIpc) is 2.78. The summed E-state index contributed by atoms with van der Waals surface area (Å²) in [6.07, 6.45) is 1.42. The third-order valence-corrected chi connectivity index (χ3v) is 5.35. The average molecular weight is 363 g/mol. The Morgan fingerprint density at radius 3 is 2.74 bits per heavy atom. The zero-order chi connectivity index (χ0) is 13.8. The molecule has 1 aromatic heterocycles. The number of nitrogens with one attached hydrogen (secondary N) is 1. The summed E-state index contributed by atoms with van der Waals surface area (Å²) in [6.45, 7) is 0. The van der Waals surface area contributed by atoms with E-state index in [-0.39, 0.29) is 11.9 Å². The van der Waals surface area contributed by atoms with Gasteiger partial charge in [-0.15, -0.1) is 11.3 Å². The number of hydrogen-bond acceptors (Lipinski definition) is 2. The first-order chi connectivity index (χ1) is 9.11. The van der Waals surface area contributed by atoms with Crippen LogP contribution >= 0.6 is 38.9 Å². The van der Waals surface area contributed by atoms with Gasteiger partial charge in [-0.05, 0) is 59.4 Å². The number of rotatable bonds is 5. The third kappa shape index (κ3) is 3.78. The van der Waals surface area contributed by atoms with Crippen LogP contribution in [0.3, 0.4) is 0 Å². The van der Waals surface area contributed by atoms with Gasteiger partial charge in [0.15, 0.2) is 0 Å². The molecular weight excluding hydrogens is 349 g/mol. The highest BCUT2D eigenvalue weighted by atomic mass is 79.9. The summed E-state index contributed by atoms with van der Waals surface area (Å²) in [6, 6.07) is 7.00. The molecule has 0 saturated carbocycles. The van der Waals surface area contributed by atoms with E-state index in [0.29, 0.717) is 17.0 Å². The summed E-state index contributed by atoms with van der Waals surface area (Å²) in [5.41, 5.74) is 0.580. The van der Waals surface area contributed by atoms with E-state index in [4.69, 9.17) is 11.6 Å². The van der Waals surface area contributed by atoms with Crippen LogP contribution in [0, 0.1) is 5.82 Å². The highest BCUT2D eigenvalue weighted by Gasteiger charge is 2.15. The van der Waals surface area contributed by atoms with Gasteiger partial charge in [0, 0.05) is 26.0 Å². The fraction of sp³-hybridized carbons (Fsp3) is 0.286. The number of hydrogen-bond donors (Lipinski definition) is 1. The molecule has 1 unspecified atom stereocenters. The van der Waals surface area contributed by atoms with Crippen LogP contribution in [0.2, 0.25) is 5.02 Å². The first kappa shape index (κ1) is 15.0. The third-order valence-electron chi connectivity index (χ3n) is 3.04. The van der Waals surface area contributed by atoms with Crippen LogP contribution < -0.4 is 5.32 Å². The maximum absolute atomic E-state index is 13.8. The van der Waals surface area contributed by atoms with Crippen LogP contribution in [-0.4, -0.2) is 13.1 Å². The number of likely N-dealkylation sites (N-methyl/N-ethyl adjacent to an activating group) is 1. The van der Waals surface area contributed by atoms with Crippen molar-refractivity contribution in [3.05, 3.63) is 55.4 Å². The first-order valence-corrected chi connectivity index (χ1v) is 7.99. The molecule has 1 aromatic carbocycles. The molecule has 1 nitrogen and oxygen atoms in total. The Morgan fingerprint density at radius 2 is 2.16 bits per heavy atom. The minimum atomic E-state index is -0.238. The quantitative estimate of drug-likeness (QED) is 0.814. The molecule has 0 radical (unpaired) electrons. The Labute approximate surface area is 129 Å². The summed E-state index contributed by atoms with van der Waals surface area (Å²) < 4.78 is 14.9. The van der Waals surface area contributed by atoms with Gasteiger partial charge in [-0.25, -0.2) is 4.39 Å². The minimum absolute atomic E-state index is 0.157. The van der Waals surface area contributed by atoms with Crippen molar-refractivity contribution in [1.82, 2.24) is 5.32 Å². The molecule has 0 aliphatic rings. The van der Waals surface area contributed by atoms with Crippen LogP contribution in [0.15, 0.2) is 34.1 Å². The van der Waals surface area contributed by atoms with Gasteiger partial charge < -0.3 is 5.32 Å². The first-order valence-electron chi connectivity index (χ1n) is 5.94. The van der Waals surface area contributed by atoms with Crippen LogP contribution in [0.1, 0.15) is 10.4 Å². The van der Waals surface area contributed by atoms with E-state index < -0.39 is 0 Å². The van der Waals surface area contributed by atoms with E-state index in [9.17, 15) is 4.39 Å². The molecule has 0 spiro atoms. The van der Waals surface area contributed by atoms with E-state index in [0.717, 1.165) is 10.9 Å². The molecule has 0 aliphatic carbocycles. The summed E-state index contributed by atoms with van der Waals surface area (Å²) >= 11 is 11.3. The van der Waals surface area contributed by atoms with Crippen molar-refractivity contribution in [2.24, 2.45) is 0 Å². The summed E-state index contributed by atoms with van der Waals surface area (Å²) in [7, 11) is 1.89. The molecule has 0 amide bonds. The molecular formula is C14H14BrClFNS. The van der Waals surface area contributed by atoms with E-state index in [1.165, 1.54) is 10.9 Å². The SMILES string of the molecule is CNC(Cc1sccc1Br)Cc1c(F)cccc1Cl. The number of thiophene rings is 1. The number of halogens is 3. The minimum Gasteiger partial charge on any atom is -0.316 e. The molecule has 2 rings (SSSR count). The predicted octanol–water partition coefficient (Wildman–Crippen LogP) is 4.68. The van der Waals surface area contributed by atoms with Crippen LogP contribution in [0.5, 0.6) is 0 Å². The standard InChI is InChI=1S/C14H14BrClFNS/c1-18-9(8-14-11(15)5-6-19-14)7-10-12(16)3-2-4-13(10)17/h2-6,9,18H,7-8H2,1H3. The second kappa shape index (κ2) is 6.84. The summed E-state index contributed by atoms with van der Waals surface area (Å²) in [5.74, 6) is -0.238. The molecule has 1 N–H and O–H groups in total. The van der Waals surface area contributed by atoms with Gasteiger partial charge in [-0.3, -0.25) is 0 Å². The summed E-state index contributed by atoms with van der Waals surface area (Å²) in [4.78, 5) is 1.26. The molecule has 0 saturated heterocycles. The molecule has 19 heavy (non-hydrogen) atoms. The van der Waals surface area contributed by atoms with Crippen molar-refractivity contribution in [2.75, 3.05) is 7.05 Å². The Hall–Kier alpha value is -0.420. The lowest BCUT2D eigenvalue weighted by molar-refractivity contribution is 0.534. The van der Waals surface area contributed by atoms with Crippen LogP contribution in [0.25, 0.3) is 0 Å². The molecule has 102 valence electrons. The summed E-state index contributed by atoms with van der Waals surface area (Å²) in [5, 5.41) is 5.77. The second-order valence-corrected chi connectivity index (χ2v) is 6.55. The van der Waals surface area contributed by atoms with Crippen molar-refractivity contribution < 1.29 is 4.39 Å². The maximum atomic E-state index is 13.8. The fourth-order valence-electron chi connectivity index (χ4n) is 1.94. The highest BCUT2D eigenvalue weighted by molar-refractivity contribution is 9.10. The molecule has 1 atom stereocenters. The van der Waals surface area contributed by atoms with E-state index in [1.807, 2.05) is 18.5 Å². The van der Waals surface area contributed by atoms with E-state index >= 15 is 0 Å². The van der Waals surface area contributed by atoms with Crippen molar-refractivity contribution >= 4 is 38.9 Å². The predicted molar refractivity (Wildman–Crippen MR) is 83.7 cm³/mol. The van der Waals surface area contributed by atoms with Gasteiger partial charge in [0.2, 0.25) is 0 Å². The molecule has 0 aliphatic heterocycles. The topological polar surface area (TPSA) is 12.0 Å². The van der Waals surface area contributed by atoms with Crippen molar-refractivity contribution in [3.63, 3.8) is 0 Å². The molecule has 0 bridgehead atoms. The number of benzene rings is 1. The second-order valence-electron chi connectivity index (χ2n) is 4.29.